The van der Waals surface area contributed by atoms with E-state index in [0.29, 0.717) is 22.2 Å². The Morgan fingerprint density at radius 3 is 2.43 bits per heavy atom. The molecule has 0 saturated heterocycles. The topological polar surface area (TPSA) is 64.7 Å². The second-order valence-electron chi connectivity index (χ2n) is 8.62. The van der Waals surface area contributed by atoms with Crippen molar-refractivity contribution in [2.24, 2.45) is 7.05 Å². The van der Waals surface area contributed by atoms with E-state index in [1.54, 1.807) is 54.3 Å². The van der Waals surface area contributed by atoms with Gasteiger partial charge in [-0.05, 0) is 41.5 Å². The number of aromatic nitrogens is 4. The number of alkyl halides is 5. The van der Waals surface area contributed by atoms with Crippen LogP contribution in [-0.2, 0) is 13.5 Å². The van der Waals surface area contributed by atoms with Crippen molar-refractivity contribution in [1.29, 1.82) is 0 Å². The quantitative estimate of drug-likeness (QED) is 0.295. The normalized spacial score (nSPS) is 12.1. The molecule has 0 atom stereocenters. The lowest BCUT2D eigenvalue weighted by Gasteiger charge is -2.14. The van der Waals surface area contributed by atoms with Crippen LogP contribution in [0.4, 0.5) is 27.8 Å². The molecule has 0 spiro atoms. The minimum absolute atomic E-state index is 0.0469. The smallest absolute Gasteiger partial charge is 0.361 e. The van der Waals surface area contributed by atoms with Gasteiger partial charge in [-0.15, -0.1) is 0 Å². The molecule has 190 valence electrons. The zero-order valence-corrected chi connectivity index (χ0v) is 19.4. The summed E-state index contributed by atoms with van der Waals surface area (Å²) in [5.41, 5.74) is 1.98. The van der Waals surface area contributed by atoms with E-state index >= 15 is 0 Å². The summed E-state index contributed by atoms with van der Waals surface area (Å²) in [6.07, 6.45) is -4.02. The Morgan fingerprint density at radius 1 is 0.973 bits per heavy atom. The first-order valence-electron chi connectivity index (χ1n) is 11.3. The van der Waals surface area contributed by atoms with Crippen LogP contribution in [0, 0.1) is 0 Å². The van der Waals surface area contributed by atoms with Gasteiger partial charge in [-0.2, -0.15) is 18.3 Å². The molecule has 0 saturated carbocycles. The Bertz CT molecular complexity index is 1660. The van der Waals surface area contributed by atoms with Gasteiger partial charge in [0.25, 0.3) is 5.56 Å². The highest BCUT2D eigenvalue weighted by atomic mass is 19.4. The summed E-state index contributed by atoms with van der Waals surface area (Å²) in [5.74, 6) is -0.0469. The second-order valence-corrected chi connectivity index (χ2v) is 8.62. The summed E-state index contributed by atoms with van der Waals surface area (Å²) in [5, 5.41) is 7.90. The fourth-order valence-electron chi connectivity index (χ4n) is 4.21. The van der Waals surface area contributed by atoms with E-state index in [2.05, 4.69) is 15.4 Å². The first-order valence-corrected chi connectivity index (χ1v) is 11.3. The van der Waals surface area contributed by atoms with Gasteiger partial charge in [0.15, 0.2) is 0 Å². The lowest BCUT2D eigenvalue weighted by Crippen LogP contribution is -2.22. The largest absolute Gasteiger partial charge is 0.405 e. The van der Waals surface area contributed by atoms with Crippen molar-refractivity contribution in [3.63, 3.8) is 0 Å². The molecule has 2 aromatic carbocycles. The third-order valence-corrected chi connectivity index (χ3v) is 5.85. The number of nitrogens with one attached hydrogen (secondary N) is 1. The molecular formula is C26H20F5N5O. The molecule has 0 bridgehead atoms. The number of rotatable bonds is 6. The van der Waals surface area contributed by atoms with E-state index in [-0.39, 0.29) is 16.9 Å². The number of nitrogens with zero attached hydrogens (tertiary/aromatic N) is 4. The minimum atomic E-state index is -4.45. The van der Waals surface area contributed by atoms with Crippen molar-refractivity contribution in [1.82, 2.24) is 19.3 Å². The Labute approximate surface area is 207 Å². The van der Waals surface area contributed by atoms with Gasteiger partial charge in [-0.1, -0.05) is 24.3 Å². The first-order chi connectivity index (χ1) is 17.6. The maximum atomic E-state index is 13.8. The van der Waals surface area contributed by atoms with E-state index in [0.717, 1.165) is 10.9 Å². The minimum Gasteiger partial charge on any atom is -0.361 e. The van der Waals surface area contributed by atoms with Gasteiger partial charge >= 0.3 is 6.18 Å². The van der Waals surface area contributed by atoms with Crippen LogP contribution in [0.2, 0.25) is 0 Å². The van der Waals surface area contributed by atoms with Crippen LogP contribution >= 0.6 is 0 Å². The van der Waals surface area contributed by atoms with Gasteiger partial charge in [-0.25, -0.2) is 13.8 Å². The van der Waals surface area contributed by atoms with Crippen LogP contribution in [0.15, 0.2) is 71.8 Å². The summed E-state index contributed by atoms with van der Waals surface area (Å²) >= 11 is 0. The summed E-state index contributed by atoms with van der Waals surface area (Å²) < 4.78 is 66.9. The fraction of sp³-hybridized carbons (Fsp3) is 0.192. The molecule has 1 N–H and O–H groups in total. The van der Waals surface area contributed by atoms with Crippen LogP contribution in [0.1, 0.15) is 5.56 Å². The fourth-order valence-corrected chi connectivity index (χ4v) is 4.21. The molecule has 37 heavy (non-hydrogen) atoms. The maximum Gasteiger partial charge on any atom is 0.405 e. The van der Waals surface area contributed by atoms with Crippen molar-refractivity contribution < 1.29 is 22.0 Å². The molecule has 0 fully saturated rings. The van der Waals surface area contributed by atoms with E-state index in [1.165, 1.54) is 22.8 Å². The Balaban J connectivity index is 1.69. The molecule has 0 aliphatic rings. The van der Waals surface area contributed by atoms with Crippen molar-refractivity contribution in [2.75, 3.05) is 11.9 Å². The number of halogens is 5. The van der Waals surface area contributed by atoms with E-state index in [1.807, 2.05) is 6.20 Å². The molecule has 0 aliphatic carbocycles. The molecular weight excluding hydrogens is 493 g/mol. The van der Waals surface area contributed by atoms with Crippen molar-refractivity contribution in [3.8, 4) is 16.8 Å². The summed E-state index contributed by atoms with van der Waals surface area (Å²) in [7, 11) is 1.79. The summed E-state index contributed by atoms with van der Waals surface area (Å²) in [4.78, 5) is 18.1. The van der Waals surface area contributed by atoms with Crippen LogP contribution in [0.3, 0.4) is 0 Å². The van der Waals surface area contributed by atoms with Crippen molar-refractivity contribution in [2.45, 2.75) is 19.0 Å². The first kappa shape index (κ1) is 24.4. The molecule has 0 radical (unpaired) electrons. The molecule has 5 rings (SSSR count). The summed E-state index contributed by atoms with van der Waals surface area (Å²) in [6.45, 7) is -1.29. The van der Waals surface area contributed by atoms with Gasteiger partial charge in [0.2, 0.25) is 6.43 Å². The number of aryl methyl sites for hydroxylation is 1. The third-order valence-electron chi connectivity index (χ3n) is 5.85. The van der Waals surface area contributed by atoms with Crippen molar-refractivity contribution >= 4 is 27.6 Å². The number of pyridine rings is 2. The van der Waals surface area contributed by atoms with Crippen LogP contribution in [0.5, 0.6) is 0 Å². The number of fused-ring (bicyclic) bond motifs is 2. The predicted molar refractivity (Wildman–Crippen MR) is 131 cm³/mol. The monoisotopic (exact) mass is 513 g/mol. The number of hydrogen-bond donors (Lipinski definition) is 1. The van der Waals surface area contributed by atoms with E-state index < -0.39 is 31.1 Å². The lowest BCUT2D eigenvalue weighted by molar-refractivity contribution is -0.115. The van der Waals surface area contributed by atoms with Gasteiger partial charge in [0, 0.05) is 42.3 Å². The Hall–Kier alpha value is -4.28. The summed E-state index contributed by atoms with van der Waals surface area (Å²) in [6, 6.07) is 14.4. The number of benzene rings is 2. The van der Waals surface area contributed by atoms with Crippen LogP contribution < -0.4 is 10.9 Å². The molecule has 0 unspecified atom stereocenters. The van der Waals surface area contributed by atoms with Gasteiger partial charge in [0.05, 0.1) is 16.6 Å². The highest BCUT2D eigenvalue weighted by molar-refractivity contribution is 5.94. The zero-order chi connectivity index (χ0) is 26.3. The van der Waals surface area contributed by atoms with Gasteiger partial charge < -0.3 is 5.32 Å². The van der Waals surface area contributed by atoms with Gasteiger partial charge in [-0.3, -0.25) is 14.0 Å². The molecule has 5 aromatic rings. The average molecular weight is 513 g/mol. The molecule has 0 aliphatic heterocycles. The molecule has 6 nitrogen and oxygen atoms in total. The lowest BCUT2D eigenvalue weighted by atomic mass is 10.0. The highest BCUT2D eigenvalue weighted by Gasteiger charge is 2.27. The maximum absolute atomic E-state index is 13.8. The number of hydrogen-bond acceptors (Lipinski definition) is 4. The van der Waals surface area contributed by atoms with Crippen LogP contribution in [-0.4, -0.2) is 38.5 Å². The third kappa shape index (κ3) is 5.16. The van der Waals surface area contributed by atoms with E-state index in [9.17, 15) is 26.7 Å². The van der Waals surface area contributed by atoms with Crippen LogP contribution in [0.25, 0.3) is 38.6 Å². The SMILES string of the molecule is Cn1cc2cc(-n3cc4ccc(NCC(F)(F)F)nc4c(-c4ccc(CC(F)F)cc4)c3=O)ccc2n1. The number of anilines is 1. The van der Waals surface area contributed by atoms with E-state index in [4.69, 9.17) is 0 Å². The molecule has 11 heteroatoms. The van der Waals surface area contributed by atoms with Gasteiger partial charge in [0.1, 0.15) is 12.4 Å². The molecule has 3 aromatic heterocycles. The molecule has 0 amide bonds. The Kier molecular flexibility index (Phi) is 6.14. The highest BCUT2D eigenvalue weighted by Crippen LogP contribution is 2.28. The van der Waals surface area contributed by atoms with Crippen molar-refractivity contribution in [3.05, 3.63) is 82.9 Å². The average Bonchev–Trinajstić information content (AvgIpc) is 3.21. The Morgan fingerprint density at radius 2 is 1.73 bits per heavy atom. The standard InChI is InChI=1S/C26H20F5N5O/c1-35-12-18-11-19(7-8-20(18)34-35)36-13-17-6-9-22(32-14-26(29,30)31)33-24(17)23(25(36)37)16-4-2-15(3-5-16)10-21(27)28/h2-9,11-13,21H,10,14H2,1H3,(H,32,33). The molecule has 3 heterocycles. The predicted octanol–water partition coefficient (Wildman–Crippen LogP) is 5.72. The zero-order valence-electron chi connectivity index (χ0n) is 19.4. The second kappa shape index (κ2) is 9.30.